The lowest BCUT2D eigenvalue weighted by Gasteiger charge is -2.24. The van der Waals surface area contributed by atoms with Crippen LogP contribution in [0.4, 0.5) is 13.2 Å². The van der Waals surface area contributed by atoms with Crippen molar-refractivity contribution in [2.24, 2.45) is 0 Å². The second kappa shape index (κ2) is 14.1. The Morgan fingerprint density at radius 1 is 0.949 bits per heavy atom. The molecule has 4 atom stereocenters. The number of rotatable bonds is 14. The molecular weight excluding hydrogens is 505 g/mol. The van der Waals surface area contributed by atoms with Crippen molar-refractivity contribution in [3.63, 3.8) is 0 Å². The molecule has 0 saturated heterocycles. The number of ether oxygens (including phenoxy) is 2. The summed E-state index contributed by atoms with van der Waals surface area (Å²) in [5, 5.41) is 0. The third-order valence-corrected chi connectivity index (χ3v) is 6.52. The van der Waals surface area contributed by atoms with E-state index in [2.05, 4.69) is 9.97 Å². The van der Waals surface area contributed by atoms with Crippen LogP contribution in [0.15, 0.2) is 60.9 Å². The van der Waals surface area contributed by atoms with Gasteiger partial charge in [0.05, 0.1) is 5.56 Å². The molecule has 0 amide bonds. The summed E-state index contributed by atoms with van der Waals surface area (Å²) in [6.07, 6.45) is 2.43. The topological polar surface area (TPSA) is 61.3 Å². The maximum Gasteiger partial charge on any atom is 0.348 e. The first-order valence-corrected chi connectivity index (χ1v) is 13.5. The van der Waals surface area contributed by atoms with Gasteiger partial charge in [0.2, 0.25) is 5.67 Å². The van der Waals surface area contributed by atoms with E-state index in [0.29, 0.717) is 35.5 Å². The Labute approximate surface area is 228 Å². The Balaban J connectivity index is 1.74. The number of para-hydroxylation sites is 1. The standard InChI is InChI=1S/C31H37F3N2O3/c1-5-7-12-27(28(33)21(3)32)39-26-13-10-9-11-25(26)29-35-19-23(20-36-29)22-14-16-24(17-15-22)38-30(37)31(4,34)18-8-6-2/h9-11,13-17,19-21,27-28H,5-8,12,18H2,1-4H3. The van der Waals surface area contributed by atoms with Crippen molar-refractivity contribution in [1.82, 2.24) is 9.97 Å². The van der Waals surface area contributed by atoms with E-state index in [1.807, 2.05) is 13.8 Å². The van der Waals surface area contributed by atoms with Crippen LogP contribution >= 0.6 is 0 Å². The van der Waals surface area contributed by atoms with Crippen molar-refractivity contribution < 1.29 is 27.4 Å². The second-order valence-corrected chi connectivity index (χ2v) is 9.93. The van der Waals surface area contributed by atoms with Gasteiger partial charge in [0, 0.05) is 18.0 Å². The quantitative estimate of drug-likeness (QED) is 0.152. The predicted molar refractivity (Wildman–Crippen MR) is 147 cm³/mol. The highest BCUT2D eigenvalue weighted by molar-refractivity contribution is 5.81. The number of aromatic nitrogens is 2. The first-order valence-electron chi connectivity index (χ1n) is 13.5. The van der Waals surface area contributed by atoms with E-state index < -0.39 is 30.1 Å². The van der Waals surface area contributed by atoms with Crippen LogP contribution in [0.25, 0.3) is 22.5 Å². The van der Waals surface area contributed by atoms with Gasteiger partial charge in [-0.2, -0.15) is 0 Å². The molecule has 8 heteroatoms. The average Bonchev–Trinajstić information content (AvgIpc) is 2.94. The van der Waals surface area contributed by atoms with Crippen LogP contribution in [-0.4, -0.2) is 40.1 Å². The molecule has 3 rings (SSSR count). The van der Waals surface area contributed by atoms with Gasteiger partial charge in [0.15, 0.2) is 12.0 Å². The lowest BCUT2D eigenvalue weighted by molar-refractivity contribution is -0.147. The van der Waals surface area contributed by atoms with Gasteiger partial charge in [-0.1, -0.05) is 51.0 Å². The van der Waals surface area contributed by atoms with E-state index in [0.717, 1.165) is 24.8 Å². The van der Waals surface area contributed by atoms with Crippen LogP contribution in [0, 0.1) is 0 Å². The molecule has 0 fully saturated rings. The first kappa shape index (κ1) is 30.1. The molecule has 1 aromatic heterocycles. The molecule has 1 heterocycles. The largest absolute Gasteiger partial charge is 0.487 e. The Morgan fingerprint density at radius 3 is 2.21 bits per heavy atom. The Morgan fingerprint density at radius 2 is 1.59 bits per heavy atom. The molecule has 4 unspecified atom stereocenters. The molecule has 0 bridgehead atoms. The fourth-order valence-electron chi connectivity index (χ4n) is 4.06. The minimum absolute atomic E-state index is 0.112. The highest BCUT2D eigenvalue weighted by Crippen LogP contribution is 2.31. The molecule has 2 aromatic carbocycles. The SMILES string of the molecule is CCCCC(Oc1ccccc1-c1ncc(-c2ccc(OC(=O)C(C)(F)CCCC)cc2)cn1)C(F)C(C)F. The van der Waals surface area contributed by atoms with Crippen LogP contribution in [0.2, 0.25) is 0 Å². The molecule has 0 aliphatic rings. The fourth-order valence-corrected chi connectivity index (χ4v) is 4.06. The summed E-state index contributed by atoms with van der Waals surface area (Å²) in [7, 11) is 0. The highest BCUT2D eigenvalue weighted by Gasteiger charge is 2.34. The van der Waals surface area contributed by atoms with Crippen molar-refractivity contribution in [2.45, 2.75) is 90.3 Å². The molecule has 3 aromatic rings. The third-order valence-electron chi connectivity index (χ3n) is 6.52. The monoisotopic (exact) mass is 542 g/mol. The number of carbonyl (C=O) groups excluding carboxylic acids is 1. The molecule has 0 radical (unpaired) electrons. The van der Waals surface area contributed by atoms with E-state index in [-0.39, 0.29) is 12.2 Å². The number of hydrogen-bond donors (Lipinski definition) is 0. The molecule has 39 heavy (non-hydrogen) atoms. The van der Waals surface area contributed by atoms with Crippen molar-refractivity contribution in [2.75, 3.05) is 0 Å². The predicted octanol–water partition coefficient (Wildman–Crippen LogP) is 8.27. The van der Waals surface area contributed by atoms with Gasteiger partial charge in [-0.3, -0.25) is 0 Å². The fraction of sp³-hybridized carbons (Fsp3) is 0.452. The van der Waals surface area contributed by atoms with Crippen molar-refractivity contribution in [1.29, 1.82) is 0 Å². The van der Waals surface area contributed by atoms with Gasteiger partial charge in [-0.05, 0) is 69.4 Å². The summed E-state index contributed by atoms with van der Waals surface area (Å²) in [5.74, 6) is 0.111. The average molecular weight is 543 g/mol. The Hall–Kier alpha value is -3.42. The van der Waals surface area contributed by atoms with Gasteiger partial charge >= 0.3 is 5.97 Å². The molecule has 0 N–H and O–H groups in total. The molecule has 0 spiro atoms. The summed E-state index contributed by atoms with van der Waals surface area (Å²) in [4.78, 5) is 21.2. The van der Waals surface area contributed by atoms with Crippen LogP contribution in [-0.2, 0) is 4.79 Å². The van der Waals surface area contributed by atoms with Gasteiger partial charge in [0.25, 0.3) is 0 Å². The summed E-state index contributed by atoms with van der Waals surface area (Å²) < 4.78 is 54.1. The van der Waals surface area contributed by atoms with Crippen molar-refractivity contribution >= 4 is 5.97 Å². The maximum absolute atomic E-state index is 14.6. The summed E-state index contributed by atoms with van der Waals surface area (Å²) in [6.45, 7) is 6.36. The number of hydrogen-bond acceptors (Lipinski definition) is 5. The zero-order chi connectivity index (χ0) is 28.4. The maximum atomic E-state index is 14.6. The summed E-state index contributed by atoms with van der Waals surface area (Å²) in [5.41, 5.74) is 0.0219. The van der Waals surface area contributed by atoms with Gasteiger partial charge in [-0.15, -0.1) is 0 Å². The number of alkyl halides is 3. The third kappa shape index (κ3) is 8.28. The molecular formula is C31H37F3N2O3. The normalized spacial score (nSPS) is 15.2. The van der Waals surface area contributed by atoms with Crippen LogP contribution in [0.1, 0.15) is 66.2 Å². The zero-order valence-electron chi connectivity index (χ0n) is 23.0. The lowest BCUT2D eigenvalue weighted by atomic mass is 10.0. The second-order valence-electron chi connectivity index (χ2n) is 9.93. The summed E-state index contributed by atoms with van der Waals surface area (Å²) >= 11 is 0. The van der Waals surface area contributed by atoms with E-state index in [4.69, 9.17) is 9.47 Å². The number of carbonyl (C=O) groups is 1. The minimum atomic E-state index is -2.04. The molecule has 5 nitrogen and oxygen atoms in total. The van der Waals surface area contributed by atoms with Gasteiger partial charge < -0.3 is 9.47 Å². The molecule has 0 aliphatic carbocycles. The van der Waals surface area contributed by atoms with Crippen LogP contribution < -0.4 is 9.47 Å². The van der Waals surface area contributed by atoms with E-state index in [1.54, 1.807) is 60.9 Å². The van der Waals surface area contributed by atoms with E-state index >= 15 is 0 Å². The first-order chi connectivity index (χ1) is 18.7. The van der Waals surface area contributed by atoms with E-state index in [1.165, 1.54) is 13.8 Å². The Bertz CT molecular complexity index is 1180. The molecule has 0 saturated carbocycles. The number of halogens is 3. The minimum Gasteiger partial charge on any atom is -0.487 e. The highest BCUT2D eigenvalue weighted by atomic mass is 19.2. The molecule has 0 aliphatic heterocycles. The lowest BCUT2D eigenvalue weighted by Crippen LogP contribution is -2.34. The van der Waals surface area contributed by atoms with Crippen LogP contribution in [0.3, 0.4) is 0 Å². The number of unbranched alkanes of at least 4 members (excludes halogenated alkanes) is 2. The molecule has 210 valence electrons. The number of nitrogens with zero attached hydrogens (tertiary/aromatic N) is 2. The smallest absolute Gasteiger partial charge is 0.348 e. The van der Waals surface area contributed by atoms with Crippen LogP contribution in [0.5, 0.6) is 11.5 Å². The van der Waals surface area contributed by atoms with Crippen molar-refractivity contribution in [3.8, 4) is 34.0 Å². The van der Waals surface area contributed by atoms with E-state index in [9.17, 15) is 18.0 Å². The van der Waals surface area contributed by atoms with Gasteiger partial charge in [-0.25, -0.2) is 27.9 Å². The number of esters is 1. The van der Waals surface area contributed by atoms with Gasteiger partial charge in [0.1, 0.15) is 23.8 Å². The number of benzene rings is 2. The van der Waals surface area contributed by atoms with Crippen molar-refractivity contribution in [3.05, 3.63) is 60.9 Å². The summed E-state index contributed by atoms with van der Waals surface area (Å²) in [6, 6.07) is 13.7. The zero-order valence-corrected chi connectivity index (χ0v) is 23.0. The Kier molecular flexibility index (Phi) is 10.9.